The van der Waals surface area contributed by atoms with Gasteiger partial charge in [-0.3, -0.25) is 0 Å². The van der Waals surface area contributed by atoms with Crippen LogP contribution in [0.15, 0.2) is 42.5 Å². The molecule has 2 aromatic rings. The predicted molar refractivity (Wildman–Crippen MR) is 72.4 cm³/mol. The lowest BCUT2D eigenvalue weighted by Crippen LogP contribution is -2.23. The summed E-state index contributed by atoms with van der Waals surface area (Å²) in [4.78, 5) is 0. The third-order valence-corrected chi connectivity index (χ3v) is 3.76. The van der Waals surface area contributed by atoms with E-state index >= 15 is 0 Å². The van der Waals surface area contributed by atoms with Crippen LogP contribution in [0.3, 0.4) is 0 Å². The van der Waals surface area contributed by atoms with Crippen LogP contribution >= 0.6 is 0 Å². The molecule has 18 heavy (non-hydrogen) atoms. The van der Waals surface area contributed by atoms with Crippen LogP contribution in [0.5, 0.6) is 0 Å². The fraction of sp³-hybridized carbons (Fsp3) is 0.375. The zero-order valence-electron chi connectivity index (χ0n) is 11.0. The Bertz CT molecular complexity index is 566. The van der Waals surface area contributed by atoms with Gasteiger partial charge in [-0.05, 0) is 37.6 Å². The van der Waals surface area contributed by atoms with Gasteiger partial charge in [-0.2, -0.15) is 0 Å². The van der Waals surface area contributed by atoms with Crippen molar-refractivity contribution >= 4 is 10.8 Å². The van der Waals surface area contributed by atoms with E-state index in [1.165, 1.54) is 10.8 Å². The summed E-state index contributed by atoms with van der Waals surface area (Å²) in [6, 6.07) is 14.7. The second-order valence-electron chi connectivity index (χ2n) is 5.15. The van der Waals surface area contributed by atoms with Crippen LogP contribution < -0.4 is 0 Å². The molecule has 1 aliphatic rings. The average Bonchev–Trinajstić information content (AvgIpc) is 2.64. The summed E-state index contributed by atoms with van der Waals surface area (Å²) in [6.07, 6.45) is 0.253. The lowest BCUT2D eigenvalue weighted by atomic mass is 10.0. The molecule has 2 unspecified atom stereocenters. The monoisotopic (exact) mass is 242 g/mol. The van der Waals surface area contributed by atoms with Crippen LogP contribution in [0, 0.1) is 0 Å². The zero-order valence-corrected chi connectivity index (χ0v) is 11.0. The predicted octanol–water partition coefficient (Wildman–Crippen LogP) is 3.84. The van der Waals surface area contributed by atoms with Crippen molar-refractivity contribution in [3.05, 3.63) is 48.0 Å². The SMILES string of the molecule is CC1OC(C)(c2ccc3ccccc3c2)OC1C. The number of rotatable bonds is 1. The second kappa shape index (κ2) is 4.08. The van der Waals surface area contributed by atoms with E-state index in [2.05, 4.69) is 56.3 Å². The molecule has 1 aliphatic heterocycles. The van der Waals surface area contributed by atoms with E-state index in [0.29, 0.717) is 0 Å². The molecule has 0 N–H and O–H groups in total. The first kappa shape index (κ1) is 11.7. The third kappa shape index (κ3) is 1.82. The Morgan fingerprint density at radius 2 is 1.50 bits per heavy atom. The van der Waals surface area contributed by atoms with E-state index in [4.69, 9.17) is 9.47 Å². The van der Waals surface area contributed by atoms with Crippen LogP contribution in [0.25, 0.3) is 10.8 Å². The molecule has 0 amide bonds. The van der Waals surface area contributed by atoms with Crippen molar-refractivity contribution in [3.8, 4) is 0 Å². The van der Waals surface area contributed by atoms with Gasteiger partial charge in [0.05, 0.1) is 12.2 Å². The van der Waals surface area contributed by atoms with Crippen molar-refractivity contribution in [1.29, 1.82) is 0 Å². The Kier molecular flexibility index (Phi) is 2.65. The van der Waals surface area contributed by atoms with Crippen LogP contribution in [0.4, 0.5) is 0 Å². The van der Waals surface area contributed by atoms with Crippen molar-refractivity contribution in [2.45, 2.75) is 38.8 Å². The Morgan fingerprint density at radius 3 is 2.17 bits per heavy atom. The zero-order chi connectivity index (χ0) is 12.8. The number of fused-ring (bicyclic) bond motifs is 1. The smallest absolute Gasteiger partial charge is 0.192 e. The topological polar surface area (TPSA) is 18.5 Å². The number of hydrogen-bond acceptors (Lipinski definition) is 2. The van der Waals surface area contributed by atoms with E-state index in [1.54, 1.807) is 0 Å². The highest BCUT2D eigenvalue weighted by molar-refractivity contribution is 5.83. The quantitative estimate of drug-likeness (QED) is 0.756. The summed E-state index contributed by atoms with van der Waals surface area (Å²) in [5, 5.41) is 2.46. The molecule has 2 nitrogen and oxygen atoms in total. The number of benzene rings is 2. The molecule has 0 aliphatic carbocycles. The fourth-order valence-electron chi connectivity index (χ4n) is 2.54. The molecule has 2 atom stereocenters. The Labute approximate surface area is 108 Å². The maximum Gasteiger partial charge on any atom is 0.192 e. The van der Waals surface area contributed by atoms with E-state index in [-0.39, 0.29) is 12.2 Å². The van der Waals surface area contributed by atoms with Crippen molar-refractivity contribution in [3.63, 3.8) is 0 Å². The Hall–Kier alpha value is -1.38. The average molecular weight is 242 g/mol. The van der Waals surface area contributed by atoms with E-state index in [0.717, 1.165) is 5.56 Å². The molecule has 2 aromatic carbocycles. The molecule has 2 heteroatoms. The molecule has 0 saturated carbocycles. The first-order valence-electron chi connectivity index (χ1n) is 6.43. The van der Waals surface area contributed by atoms with Gasteiger partial charge in [0.25, 0.3) is 0 Å². The molecule has 0 aromatic heterocycles. The van der Waals surface area contributed by atoms with Crippen LogP contribution in [-0.2, 0) is 15.3 Å². The molecule has 3 rings (SSSR count). The molecule has 94 valence electrons. The minimum absolute atomic E-state index is 0.126. The molecular formula is C16H18O2. The molecule has 0 spiro atoms. The van der Waals surface area contributed by atoms with Gasteiger partial charge < -0.3 is 9.47 Å². The van der Waals surface area contributed by atoms with Gasteiger partial charge in [-0.25, -0.2) is 0 Å². The highest BCUT2D eigenvalue weighted by atomic mass is 16.8. The molecule has 0 bridgehead atoms. The molecule has 1 saturated heterocycles. The summed E-state index contributed by atoms with van der Waals surface area (Å²) in [5.41, 5.74) is 1.08. The van der Waals surface area contributed by atoms with Gasteiger partial charge in [-0.15, -0.1) is 0 Å². The lowest BCUT2D eigenvalue weighted by molar-refractivity contribution is -0.166. The van der Waals surface area contributed by atoms with Crippen molar-refractivity contribution in [2.24, 2.45) is 0 Å². The van der Waals surface area contributed by atoms with Gasteiger partial charge in [0, 0.05) is 5.56 Å². The second-order valence-corrected chi connectivity index (χ2v) is 5.15. The van der Waals surface area contributed by atoms with E-state index in [9.17, 15) is 0 Å². The minimum atomic E-state index is -0.622. The Morgan fingerprint density at radius 1 is 0.889 bits per heavy atom. The maximum absolute atomic E-state index is 5.97. The summed E-state index contributed by atoms with van der Waals surface area (Å²) in [5.74, 6) is -0.622. The fourth-order valence-corrected chi connectivity index (χ4v) is 2.54. The minimum Gasteiger partial charge on any atom is -0.340 e. The highest BCUT2D eigenvalue weighted by Crippen LogP contribution is 2.37. The van der Waals surface area contributed by atoms with Crippen molar-refractivity contribution in [2.75, 3.05) is 0 Å². The van der Waals surface area contributed by atoms with Crippen LogP contribution in [0.1, 0.15) is 26.3 Å². The van der Waals surface area contributed by atoms with E-state index in [1.807, 2.05) is 6.92 Å². The normalized spacial score (nSPS) is 31.9. The standard InChI is InChI=1S/C16H18O2/c1-11-12(2)18-16(3,17-11)15-9-8-13-6-4-5-7-14(13)10-15/h4-12H,1-3H3. The lowest BCUT2D eigenvalue weighted by Gasteiger charge is -2.24. The number of ether oxygens (including phenoxy) is 2. The molecule has 1 heterocycles. The van der Waals surface area contributed by atoms with Crippen LogP contribution in [0.2, 0.25) is 0 Å². The summed E-state index contributed by atoms with van der Waals surface area (Å²) < 4.78 is 11.9. The summed E-state index contributed by atoms with van der Waals surface area (Å²) in [6.45, 7) is 6.10. The first-order valence-corrected chi connectivity index (χ1v) is 6.43. The van der Waals surface area contributed by atoms with Gasteiger partial charge in [0.2, 0.25) is 0 Å². The van der Waals surface area contributed by atoms with Gasteiger partial charge in [-0.1, -0.05) is 36.4 Å². The van der Waals surface area contributed by atoms with Gasteiger partial charge >= 0.3 is 0 Å². The molecular weight excluding hydrogens is 224 g/mol. The molecule has 0 radical (unpaired) electrons. The van der Waals surface area contributed by atoms with Crippen molar-refractivity contribution < 1.29 is 9.47 Å². The highest BCUT2D eigenvalue weighted by Gasteiger charge is 2.41. The summed E-state index contributed by atoms with van der Waals surface area (Å²) >= 11 is 0. The van der Waals surface area contributed by atoms with Crippen molar-refractivity contribution in [1.82, 2.24) is 0 Å². The third-order valence-electron chi connectivity index (χ3n) is 3.76. The first-order chi connectivity index (χ1) is 8.58. The molecule has 1 fully saturated rings. The van der Waals surface area contributed by atoms with Crippen LogP contribution in [-0.4, -0.2) is 12.2 Å². The van der Waals surface area contributed by atoms with E-state index < -0.39 is 5.79 Å². The largest absolute Gasteiger partial charge is 0.340 e. The summed E-state index contributed by atoms with van der Waals surface area (Å²) in [7, 11) is 0. The Balaban J connectivity index is 2.04. The maximum atomic E-state index is 5.97. The van der Waals surface area contributed by atoms with Gasteiger partial charge in [0.1, 0.15) is 0 Å². The van der Waals surface area contributed by atoms with Gasteiger partial charge in [0.15, 0.2) is 5.79 Å². The number of hydrogen-bond donors (Lipinski definition) is 0.